The molecule has 17 heavy (non-hydrogen) atoms. The normalized spacial score (nSPS) is 10.5. The van der Waals surface area contributed by atoms with Crippen LogP contribution in [0.3, 0.4) is 0 Å². The predicted molar refractivity (Wildman–Crippen MR) is 66.5 cm³/mol. The Morgan fingerprint density at radius 1 is 1.41 bits per heavy atom. The maximum absolute atomic E-state index is 11.8. The Morgan fingerprint density at radius 2 is 2.18 bits per heavy atom. The van der Waals surface area contributed by atoms with Crippen LogP contribution in [0.4, 0.5) is 5.13 Å². The molecule has 2 aromatic rings. The third-order valence-corrected chi connectivity index (χ3v) is 3.23. The zero-order valence-electron chi connectivity index (χ0n) is 9.89. The summed E-state index contributed by atoms with van der Waals surface area (Å²) in [6.45, 7) is 4.04. The molecule has 0 spiro atoms. The van der Waals surface area contributed by atoms with E-state index in [9.17, 15) is 4.79 Å². The zero-order valence-corrected chi connectivity index (χ0v) is 10.7. The molecule has 0 amide bonds. The monoisotopic (exact) mass is 251 g/mol. The van der Waals surface area contributed by atoms with Gasteiger partial charge in [-0.25, -0.2) is 4.98 Å². The van der Waals surface area contributed by atoms with Crippen molar-refractivity contribution in [1.82, 2.24) is 19.7 Å². The second-order valence-corrected chi connectivity index (χ2v) is 4.68. The van der Waals surface area contributed by atoms with Gasteiger partial charge >= 0.3 is 0 Å². The lowest BCUT2D eigenvalue weighted by atomic mass is 10.4. The summed E-state index contributed by atoms with van der Waals surface area (Å²) >= 11 is 1.43. The molecule has 0 unspecified atom stereocenters. The average Bonchev–Trinajstić information content (AvgIpc) is 2.71. The first kappa shape index (κ1) is 11.7. The van der Waals surface area contributed by atoms with Crippen molar-refractivity contribution in [3.05, 3.63) is 32.9 Å². The van der Waals surface area contributed by atoms with Crippen LogP contribution in [0.2, 0.25) is 0 Å². The van der Waals surface area contributed by atoms with E-state index in [4.69, 9.17) is 0 Å². The van der Waals surface area contributed by atoms with Crippen molar-refractivity contribution in [2.24, 2.45) is 0 Å². The van der Waals surface area contributed by atoms with Gasteiger partial charge in [-0.2, -0.15) is 0 Å². The number of aromatic nitrogens is 4. The highest BCUT2D eigenvalue weighted by atomic mass is 32.1. The molecular formula is C10H13N5OS. The summed E-state index contributed by atoms with van der Waals surface area (Å²) in [6, 6.07) is 1.52. The Morgan fingerprint density at radius 3 is 2.76 bits per heavy atom. The van der Waals surface area contributed by atoms with Crippen LogP contribution in [-0.4, -0.2) is 26.8 Å². The molecule has 0 saturated heterocycles. The van der Waals surface area contributed by atoms with Gasteiger partial charge in [0.2, 0.25) is 5.13 Å². The third kappa shape index (κ3) is 2.50. The second kappa shape index (κ2) is 4.62. The van der Waals surface area contributed by atoms with Crippen LogP contribution in [0.25, 0.3) is 0 Å². The van der Waals surface area contributed by atoms with Crippen molar-refractivity contribution in [2.45, 2.75) is 20.4 Å². The number of aryl methyl sites for hydroxylation is 2. The first-order chi connectivity index (χ1) is 8.10. The first-order valence-electron chi connectivity index (χ1n) is 5.15. The lowest BCUT2D eigenvalue weighted by Crippen LogP contribution is -2.24. The summed E-state index contributed by atoms with van der Waals surface area (Å²) in [5, 5.41) is 12.4. The highest BCUT2D eigenvalue weighted by Gasteiger charge is 2.07. The van der Waals surface area contributed by atoms with Crippen LogP contribution < -0.4 is 10.9 Å². The van der Waals surface area contributed by atoms with Gasteiger partial charge in [0.15, 0.2) is 0 Å². The van der Waals surface area contributed by atoms with Gasteiger partial charge in [-0.3, -0.25) is 9.36 Å². The van der Waals surface area contributed by atoms with Crippen LogP contribution in [-0.2, 0) is 6.54 Å². The summed E-state index contributed by atoms with van der Waals surface area (Å²) in [4.78, 5) is 16.1. The van der Waals surface area contributed by atoms with E-state index in [1.807, 2.05) is 13.8 Å². The molecule has 0 saturated carbocycles. The second-order valence-electron chi connectivity index (χ2n) is 3.62. The van der Waals surface area contributed by atoms with Gasteiger partial charge in [0, 0.05) is 18.8 Å². The topological polar surface area (TPSA) is 72.7 Å². The highest BCUT2D eigenvalue weighted by molar-refractivity contribution is 7.15. The van der Waals surface area contributed by atoms with Gasteiger partial charge in [0.25, 0.3) is 5.56 Å². The summed E-state index contributed by atoms with van der Waals surface area (Å²) in [5.41, 5.74) is 0.674. The molecule has 1 N–H and O–H groups in total. The molecule has 2 aromatic heterocycles. The van der Waals surface area contributed by atoms with Gasteiger partial charge in [0.05, 0.1) is 6.54 Å². The van der Waals surface area contributed by atoms with Crippen molar-refractivity contribution in [3.63, 3.8) is 0 Å². The van der Waals surface area contributed by atoms with Gasteiger partial charge in [-0.1, -0.05) is 11.3 Å². The summed E-state index contributed by atoms with van der Waals surface area (Å²) < 4.78 is 1.59. The molecular weight excluding hydrogens is 238 g/mol. The van der Waals surface area contributed by atoms with E-state index < -0.39 is 0 Å². The van der Waals surface area contributed by atoms with Gasteiger partial charge in [0.1, 0.15) is 10.8 Å². The van der Waals surface area contributed by atoms with Crippen molar-refractivity contribution in [2.75, 3.05) is 12.4 Å². The molecule has 0 aromatic carbocycles. The molecule has 6 nitrogen and oxygen atoms in total. The molecule has 0 aliphatic heterocycles. The third-order valence-electron chi connectivity index (χ3n) is 2.30. The van der Waals surface area contributed by atoms with Gasteiger partial charge < -0.3 is 5.32 Å². The minimum absolute atomic E-state index is 0.0591. The summed E-state index contributed by atoms with van der Waals surface area (Å²) in [6.07, 6.45) is 0. The number of nitrogens with one attached hydrogen (secondary N) is 1. The molecule has 2 rings (SSSR count). The van der Waals surface area contributed by atoms with Crippen LogP contribution >= 0.6 is 11.3 Å². The van der Waals surface area contributed by atoms with E-state index in [1.54, 1.807) is 11.6 Å². The summed E-state index contributed by atoms with van der Waals surface area (Å²) in [7, 11) is 1.79. The Kier molecular flexibility index (Phi) is 3.19. The van der Waals surface area contributed by atoms with Gasteiger partial charge in [-0.15, -0.1) is 10.2 Å². The van der Waals surface area contributed by atoms with Crippen molar-refractivity contribution in [1.29, 1.82) is 0 Å². The zero-order chi connectivity index (χ0) is 12.4. The molecule has 0 aliphatic rings. The number of hydrogen-bond donors (Lipinski definition) is 1. The van der Waals surface area contributed by atoms with Gasteiger partial charge in [-0.05, 0) is 13.8 Å². The molecule has 0 aliphatic carbocycles. The Balaban J connectivity index is 2.33. The molecule has 0 radical (unpaired) electrons. The van der Waals surface area contributed by atoms with Crippen LogP contribution in [0.15, 0.2) is 10.9 Å². The quantitative estimate of drug-likeness (QED) is 0.873. The van der Waals surface area contributed by atoms with Crippen LogP contribution in [0.1, 0.15) is 16.5 Å². The smallest absolute Gasteiger partial charge is 0.254 e. The Hall–Kier alpha value is -1.76. The minimum atomic E-state index is -0.0591. The van der Waals surface area contributed by atoms with E-state index in [0.29, 0.717) is 12.4 Å². The highest BCUT2D eigenvalue weighted by Crippen LogP contribution is 2.14. The fraction of sp³-hybridized carbons (Fsp3) is 0.400. The molecule has 7 heteroatoms. The number of nitrogens with zero attached hydrogens (tertiary/aromatic N) is 4. The maximum atomic E-state index is 11.8. The van der Waals surface area contributed by atoms with E-state index >= 15 is 0 Å². The Labute approximate surface area is 102 Å². The summed E-state index contributed by atoms with van der Waals surface area (Å²) in [5.74, 6) is 0.691. The molecule has 0 fully saturated rings. The van der Waals surface area contributed by atoms with Crippen molar-refractivity contribution in [3.8, 4) is 0 Å². The van der Waals surface area contributed by atoms with Crippen molar-refractivity contribution < 1.29 is 0 Å². The van der Waals surface area contributed by atoms with E-state index in [0.717, 1.165) is 15.8 Å². The molecule has 0 atom stereocenters. The standard InChI is InChI=1S/C10H13N5OS/c1-6-4-9(16)15(7(2)12-6)5-8-13-14-10(11-3)17-8/h4H,5H2,1-3H3,(H,11,14). The number of rotatable bonds is 3. The first-order valence-corrected chi connectivity index (χ1v) is 5.97. The molecule has 90 valence electrons. The number of hydrogen-bond acceptors (Lipinski definition) is 6. The SMILES string of the molecule is CNc1nnc(Cn2c(C)nc(C)cc2=O)s1. The molecule has 0 bridgehead atoms. The van der Waals surface area contributed by atoms with Crippen LogP contribution in [0.5, 0.6) is 0 Å². The average molecular weight is 251 g/mol. The van der Waals surface area contributed by atoms with E-state index in [1.165, 1.54) is 17.4 Å². The van der Waals surface area contributed by atoms with E-state index in [-0.39, 0.29) is 5.56 Å². The Bertz CT molecular complexity index is 589. The fourth-order valence-electron chi connectivity index (χ4n) is 1.51. The van der Waals surface area contributed by atoms with E-state index in [2.05, 4.69) is 20.5 Å². The number of anilines is 1. The fourth-order valence-corrected chi connectivity index (χ4v) is 2.19. The van der Waals surface area contributed by atoms with Crippen molar-refractivity contribution >= 4 is 16.5 Å². The predicted octanol–water partition coefficient (Wildman–Crippen LogP) is 0.802. The molecule has 2 heterocycles. The largest absolute Gasteiger partial charge is 0.363 e. The maximum Gasteiger partial charge on any atom is 0.254 e. The van der Waals surface area contributed by atoms with Crippen LogP contribution in [0, 0.1) is 13.8 Å². The lowest BCUT2D eigenvalue weighted by Gasteiger charge is -2.06. The lowest BCUT2D eigenvalue weighted by molar-refractivity contribution is 0.685. The minimum Gasteiger partial charge on any atom is -0.363 e.